The van der Waals surface area contributed by atoms with Crippen molar-refractivity contribution in [1.29, 1.82) is 0 Å². The molecule has 0 amide bonds. The normalized spacial score (nSPS) is 11.1. The lowest BCUT2D eigenvalue weighted by Crippen LogP contribution is -2.07. The van der Waals surface area contributed by atoms with Crippen molar-refractivity contribution in [3.05, 3.63) is 45.0 Å². The van der Waals surface area contributed by atoms with Crippen LogP contribution < -0.4 is 0 Å². The van der Waals surface area contributed by atoms with Crippen molar-refractivity contribution in [2.75, 3.05) is 0 Å². The lowest BCUT2D eigenvalue weighted by molar-refractivity contribution is 0.936. The third-order valence-electron chi connectivity index (χ3n) is 5.21. The molecule has 3 rings (SSSR count). The van der Waals surface area contributed by atoms with Gasteiger partial charge < -0.3 is 0 Å². The average Bonchev–Trinajstić information content (AvgIpc) is 2.59. The van der Waals surface area contributed by atoms with Gasteiger partial charge in [-0.2, -0.15) is 0 Å². The molecule has 0 fully saturated rings. The smallest absolute Gasteiger partial charge is 0.180 e. The van der Waals surface area contributed by atoms with E-state index in [9.17, 15) is 0 Å². The third kappa shape index (κ3) is 2.96. The second-order valence-electron chi connectivity index (χ2n) is 6.83. The summed E-state index contributed by atoms with van der Waals surface area (Å²) in [5.41, 5.74) is 9.46. The van der Waals surface area contributed by atoms with Gasteiger partial charge in [-0.1, -0.05) is 0 Å². The molecule has 0 aliphatic carbocycles. The highest BCUT2D eigenvalue weighted by atomic mass is 15.1. The molecular formula is C20H24N6. The molecule has 6 heteroatoms. The molecule has 3 aromatic rings. The molecular weight excluding hydrogens is 324 g/mol. The Morgan fingerprint density at radius 1 is 0.385 bits per heavy atom. The Morgan fingerprint density at radius 3 is 0.923 bits per heavy atom. The van der Waals surface area contributed by atoms with Gasteiger partial charge in [0.05, 0.1) is 0 Å². The van der Waals surface area contributed by atoms with Crippen molar-refractivity contribution in [1.82, 2.24) is 30.1 Å². The van der Waals surface area contributed by atoms with Crippen LogP contribution in [0.2, 0.25) is 0 Å². The summed E-state index contributed by atoms with van der Waals surface area (Å²) < 4.78 is 0. The fourth-order valence-corrected chi connectivity index (χ4v) is 2.79. The summed E-state index contributed by atoms with van der Waals surface area (Å²) >= 11 is 0. The van der Waals surface area contributed by atoms with Crippen LogP contribution in [0, 0.1) is 55.4 Å². The van der Waals surface area contributed by atoms with E-state index in [0.29, 0.717) is 23.0 Å². The van der Waals surface area contributed by atoms with E-state index in [-0.39, 0.29) is 0 Å². The molecule has 134 valence electrons. The largest absolute Gasteiger partial charge is 0.232 e. The lowest BCUT2D eigenvalue weighted by Gasteiger charge is -2.13. The SMILES string of the molecule is Cc1nc(-c2nnc(-c3nc(C)c(C)c(C)n3)c(C)c2C)nc(C)c1C. The predicted molar refractivity (Wildman–Crippen MR) is 102 cm³/mol. The average molecular weight is 348 g/mol. The first kappa shape index (κ1) is 18.0. The Balaban J connectivity index is 2.16. The van der Waals surface area contributed by atoms with Gasteiger partial charge in [0, 0.05) is 22.8 Å². The van der Waals surface area contributed by atoms with Crippen LogP contribution in [0.25, 0.3) is 23.0 Å². The summed E-state index contributed by atoms with van der Waals surface area (Å²) in [6.07, 6.45) is 0. The van der Waals surface area contributed by atoms with Crippen molar-refractivity contribution in [3.8, 4) is 23.0 Å². The molecule has 0 saturated carbocycles. The molecule has 0 unspecified atom stereocenters. The van der Waals surface area contributed by atoms with Crippen LogP contribution in [0.4, 0.5) is 0 Å². The second kappa shape index (κ2) is 6.52. The van der Waals surface area contributed by atoms with Gasteiger partial charge >= 0.3 is 0 Å². The van der Waals surface area contributed by atoms with E-state index in [2.05, 4.69) is 30.1 Å². The van der Waals surface area contributed by atoms with Gasteiger partial charge in [-0.3, -0.25) is 0 Å². The van der Waals surface area contributed by atoms with E-state index < -0.39 is 0 Å². The van der Waals surface area contributed by atoms with Crippen LogP contribution in [0.3, 0.4) is 0 Å². The maximum Gasteiger partial charge on any atom is 0.180 e. The molecule has 0 atom stereocenters. The number of rotatable bonds is 2. The minimum absolute atomic E-state index is 0.613. The third-order valence-corrected chi connectivity index (χ3v) is 5.21. The van der Waals surface area contributed by atoms with Crippen molar-refractivity contribution in [3.63, 3.8) is 0 Å². The van der Waals surface area contributed by atoms with Crippen molar-refractivity contribution in [2.24, 2.45) is 0 Å². The Hall–Kier alpha value is -2.76. The molecule has 0 spiro atoms. The first-order chi connectivity index (χ1) is 12.2. The lowest BCUT2D eigenvalue weighted by atomic mass is 10.1. The standard InChI is InChI=1S/C20H24N6/c1-9-10(2)18(20-23-15(7)12(4)16(8)24-20)26-25-17(9)19-21-13(5)11(3)14(6)22-19/h1-8H3. The van der Waals surface area contributed by atoms with Crippen LogP contribution in [0.15, 0.2) is 0 Å². The summed E-state index contributed by atoms with van der Waals surface area (Å²) in [6, 6.07) is 0. The number of hydrogen-bond acceptors (Lipinski definition) is 6. The highest BCUT2D eigenvalue weighted by Crippen LogP contribution is 2.27. The molecule has 0 saturated heterocycles. The van der Waals surface area contributed by atoms with Crippen LogP contribution in [-0.2, 0) is 0 Å². The number of aryl methyl sites for hydroxylation is 4. The Morgan fingerprint density at radius 2 is 0.654 bits per heavy atom. The summed E-state index contributed by atoms with van der Waals surface area (Å²) in [7, 11) is 0. The number of nitrogens with zero attached hydrogens (tertiary/aromatic N) is 6. The van der Waals surface area contributed by atoms with E-state index in [1.807, 2.05) is 55.4 Å². The molecule has 6 nitrogen and oxygen atoms in total. The van der Waals surface area contributed by atoms with Gasteiger partial charge in [0.1, 0.15) is 11.4 Å². The monoisotopic (exact) mass is 348 g/mol. The molecule has 26 heavy (non-hydrogen) atoms. The quantitative estimate of drug-likeness (QED) is 0.700. The maximum atomic E-state index is 4.60. The number of hydrogen-bond donors (Lipinski definition) is 0. The zero-order valence-electron chi connectivity index (χ0n) is 16.7. The zero-order valence-corrected chi connectivity index (χ0v) is 16.7. The van der Waals surface area contributed by atoms with E-state index >= 15 is 0 Å². The molecule has 0 N–H and O–H groups in total. The van der Waals surface area contributed by atoms with Crippen molar-refractivity contribution < 1.29 is 0 Å². The van der Waals surface area contributed by atoms with Crippen molar-refractivity contribution >= 4 is 0 Å². The van der Waals surface area contributed by atoms with Gasteiger partial charge in [-0.15, -0.1) is 10.2 Å². The Bertz CT molecular complexity index is 895. The van der Waals surface area contributed by atoms with E-state index in [4.69, 9.17) is 0 Å². The molecule has 3 heterocycles. The van der Waals surface area contributed by atoms with Crippen molar-refractivity contribution in [2.45, 2.75) is 55.4 Å². The molecule has 3 aromatic heterocycles. The summed E-state index contributed by atoms with van der Waals surface area (Å²) in [6.45, 7) is 16.1. The van der Waals surface area contributed by atoms with Crippen LogP contribution in [0.1, 0.15) is 45.0 Å². The minimum Gasteiger partial charge on any atom is -0.232 e. The van der Waals surface area contributed by atoms with Gasteiger partial charge in [-0.25, -0.2) is 19.9 Å². The maximum absolute atomic E-state index is 4.60. The number of aromatic nitrogens is 6. The molecule has 0 aliphatic heterocycles. The van der Waals surface area contributed by atoms with Gasteiger partial charge in [0.2, 0.25) is 0 Å². The minimum atomic E-state index is 0.613. The van der Waals surface area contributed by atoms with Crippen LogP contribution >= 0.6 is 0 Å². The van der Waals surface area contributed by atoms with E-state index in [1.54, 1.807) is 0 Å². The zero-order chi connectivity index (χ0) is 19.2. The highest BCUT2D eigenvalue weighted by molar-refractivity contribution is 5.64. The molecule has 0 bridgehead atoms. The fourth-order valence-electron chi connectivity index (χ4n) is 2.79. The van der Waals surface area contributed by atoms with Gasteiger partial charge in [0.15, 0.2) is 11.6 Å². The van der Waals surface area contributed by atoms with Crippen LogP contribution in [-0.4, -0.2) is 30.1 Å². The summed E-state index contributed by atoms with van der Waals surface area (Å²) in [5.74, 6) is 1.23. The van der Waals surface area contributed by atoms with E-state index in [0.717, 1.165) is 45.0 Å². The topological polar surface area (TPSA) is 77.3 Å². The molecule has 0 aliphatic rings. The van der Waals surface area contributed by atoms with E-state index in [1.165, 1.54) is 0 Å². The molecule has 0 radical (unpaired) electrons. The Kier molecular flexibility index (Phi) is 4.52. The first-order valence-electron chi connectivity index (χ1n) is 8.69. The molecule has 0 aromatic carbocycles. The van der Waals surface area contributed by atoms with Gasteiger partial charge in [-0.05, 0) is 77.6 Å². The first-order valence-corrected chi connectivity index (χ1v) is 8.69. The Labute approximate surface area is 154 Å². The second-order valence-corrected chi connectivity index (χ2v) is 6.83. The summed E-state index contributed by atoms with van der Waals surface area (Å²) in [5, 5.41) is 8.85. The summed E-state index contributed by atoms with van der Waals surface area (Å²) in [4.78, 5) is 18.4. The van der Waals surface area contributed by atoms with Crippen LogP contribution in [0.5, 0.6) is 0 Å². The van der Waals surface area contributed by atoms with Gasteiger partial charge in [0.25, 0.3) is 0 Å². The fraction of sp³-hybridized carbons (Fsp3) is 0.400. The highest BCUT2D eigenvalue weighted by Gasteiger charge is 2.18. The predicted octanol–water partition coefficient (Wildman–Crippen LogP) is 3.86.